The molecule has 1 aliphatic heterocycles. The number of carboxylic acid groups (broad SMARTS) is 1. The van der Waals surface area contributed by atoms with Crippen molar-refractivity contribution in [3.05, 3.63) is 34.0 Å². The van der Waals surface area contributed by atoms with Crippen molar-refractivity contribution in [2.75, 3.05) is 20.8 Å². The zero-order valence-electron chi connectivity index (χ0n) is 14.2. The van der Waals surface area contributed by atoms with Crippen molar-refractivity contribution in [2.24, 2.45) is 0 Å². The normalized spacial score (nSPS) is 16.5. The van der Waals surface area contributed by atoms with Gasteiger partial charge >= 0.3 is 12.0 Å². The molecule has 2 N–H and O–H groups in total. The van der Waals surface area contributed by atoms with Crippen LogP contribution in [0.25, 0.3) is 0 Å². The van der Waals surface area contributed by atoms with E-state index in [0.717, 1.165) is 0 Å². The van der Waals surface area contributed by atoms with Gasteiger partial charge in [0, 0.05) is 5.70 Å². The number of carboxylic acids is 1. The van der Waals surface area contributed by atoms with Crippen LogP contribution in [0, 0.1) is 0 Å². The van der Waals surface area contributed by atoms with Gasteiger partial charge in [0.05, 0.1) is 36.8 Å². The van der Waals surface area contributed by atoms with Gasteiger partial charge in [-0.2, -0.15) is 0 Å². The first-order chi connectivity index (χ1) is 12.3. The minimum absolute atomic E-state index is 0.00250. The molecular weight excluding hydrogens is 368 g/mol. The van der Waals surface area contributed by atoms with Crippen LogP contribution in [-0.2, 0) is 14.3 Å². The Labute approximate surface area is 153 Å². The molecule has 0 unspecified atom stereocenters. The summed E-state index contributed by atoms with van der Waals surface area (Å²) in [6.07, 6.45) is 0. The molecule has 0 radical (unpaired) electrons. The van der Waals surface area contributed by atoms with Gasteiger partial charge in [-0.15, -0.1) is 0 Å². The maximum atomic E-state index is 12.1. The van der Waals surface area contributed by atoms with Crippen molar-refractivity contribution in [1.82, 2.24) is 10.6 Å². The number of aliphatic carboxylic acids is 1. The highest BCUT2D eigenvalue weighted by Crippen LogP contribution is 2.40. The van der Waals surface area contributed by atoms with Gasteiger partial charge in [0.2, 0.25) is 0 Å². The second-order valence-electron chi connectivity index (χ2n) is 5.26. The van der Waals surface area contributed by atoms with Crippen LogP contribution in [0.15, 0.2) is 23.4 Å². The number of ether oxygens (including phenoxy) is 3. The Kier molecular flexibility index (Phi) is 5.93. The lowest BCUT2D eigenvalue weighted by Gasteiger charge is -2.28. The fraction of sp³-hybridized carbons (Fsp3) is 0.312. The van der Waals surface area contributed by atoms with Crippen LogP contribution in [0.5, 0.6) is 11.5 Å². The molecule has 0 saturated carbocycles. The Balaban J connectivity index is 2.51. The molecule has 1 aromatic rings. The number of hydrogen-bond donors (Lipinski definition) is 2. The number of amides is 2. The number of methoxy groups -OCH3 is 2. The zero-order chi connectivity index (χ0) is 19.4. The molecule has 0 spiro atoms. The van der Waals surface area contributed by atoms with E-state index in [-0.39, 0.29) is 22.1 Å². The average Bonchev–Trinajstić information content (AvgIpc) is 2.58. The number of halogens is 1. The van der Waals surface area contributed by atoms with Crippen molar-refractivity contribution >= 4 is 29.6 Å². The van der Waals surface area contributed by atoms with Gasteiger partial charge in [0.15, 0.2) is 11.5 Å². The molecule has 9 nitrogen and oxygen atoms in total. The summed E-state index contributed by atoms with van der Waals surface area (Å²) in [5.74, 6) is -1.93. The lowest BCUT2D eigenvalue weighted by molar-refractivity contribution is -0.307. The molecule has 1 heterocycles. The van der Waals surface area contributed by atoms with Crippen LogP contribution in [0.2, 0.25) is 5.02 Å². The van der Waals surface area contributed by atoms with Gasteiger partial charge in [0.1, 0.15) is 6.61 Å². The van der Waals surface area contributed by atoms with Crippen LogP contribution in [0.3, 0.4) is 0 Å². The second-order valence-corrected chi connectivity index (χ2v) is 5.66. The first-order valence-electron chi connectivity index (χ1n) is 7.35. The fourth-order valence-electron chi connectivity index (χ4n) is 2.50. The molecule has 0 aromatic heterocycles. The van der Waals surface area contributed by atoms with Crippen molar-refractivity contribution < 1.29 is 33.7 Å². The summed E-state index contributed by atoms with van der Waals surface area (Å²) in [6.45, 7) is 0.847. The number of carbonyl (C=O) groups excluding carboxylic acids is 3. The molecule has 0 fully saturated rings. The maximum Gasteiger partial charge on any atom is 0.337 e. The first kappa shape index (κ1) is 19.4. The van der Waals surface area contributed by atoms with E-state index in [9.17, 15) is 19.5 Å². The predicted octanol–water partition coefficient (Wildman–Crippen LogP) is 0.278. The summed E-state index contributed by atoms with van der Waals surface area (Å²) in [6, 6.07) is 1.55. The van der Waals surface area contributed by atoms with E-state index >= 15 is 0 Å². The van der Waals surface area contributed by atoms with E-state index in [4.69, 9.17) is 25.8 Å². The van der Waals surface area contributed by atoms with Crippen molar-refractivity contribution in [3.8, 4) is 11.5 Å². The summed E-state index contributed by atoms with van der Waals surface area (Å²) in [5, 5.41) is 15.7. The Morgan fingerprint density at radius 3 is 2.58 bits per heavy atom. The molecule has 0 bridgehead atoms. The summed E-state index contributed by atoms with van der Waals surface area (Å²) in [4.78, 5) is 34.5. The number of esters is 1. The Bertz CT molecular complexity index is 791. The molecule has 1 aromatic carbocycles. The Morgan fingerprint density at radius 2 is 2.00 bits per heavy atom. The second kappa shape index (κ2) is 7.96. The van der Waals surface area contributed by atoms with Crippen molar-refractivity contribution in [2.45, 2.75) is 13.0 Å². The maximum absolute atomic E-state index is 12.1. The van der Waals surface area contributed by atoms with Gasteiger partial charge in [0.25, 0.3) is 0 Å². The van der Waals surface area contributed by atoms with Crippen molar-refractivity contribution in [3.63, 3.8) is 0 Å². The molecule has 0 saturated heterocycles. The largest absolute Gasteiger partial charge is 0.546 e. The predicted molar refractivity (Wildman–Crippen MR) is 87.6 cm³/mol. The number of allylic oxidation sites excluding steroid dienone is 1. The minimum Gasteiger partial charge on any atom is -0.546 e. The smallest absolute Gasteiger partial charge is 0.337 e. The summed E-state index contributed by atoms with van der Waals surface area (Å²) in [5.41, 5.74) is 0.939. The van der Waals surface area contributed by atoms with Gasteiger partial charge in [-0.3, -0.25) is 0 Å². The van der Waals surface area contributed by atoms with E-state index in [1.807, 2.05) is 0 Å². The van der Waals surface area contributed by atoms with Gasteiger partial charge in [-0.1, -0.05) is 11.6 Å². The van der Waals surface area contributed by atoms with E-state index in [1.165, 1.54) is 26.4 Å². The highest BCUT2D eigenvalue weighted by Gasteiger charge is 2.33. The van der Waals surface area contributed by atoms with Gasteiger partial charge in [-0.25, -0.2) is 9.59 Å². The number of carbonyl (C=O) groups is 3. The third-order valence-corrected chi connectivity index (χ3v) is 3.87. The Hall–Kier alpha value is -2.94. The zero-order valence-corrected chi connectivity index (χ0v) is 14.9. The molecular formula is C16H16ClN2O7-. The lowest BCUT2D eigenvalue weighted by Crippen LogP contribution is -2.45. The summed E-state index contributed by atoms with van der Waals surface area (Å²) in [7, 11) is 2.56. The van der Waals surface area contributed by atoms with Crippen LogP contribution >= 0.6 is 11.6 Å². The number of hydrogen-bond acceptors (Lipinski definition) is 7. The number of nitrogens with one attached hydrogen (secondary N) is 2. The van der Waals surface area contributed by atoms with E-state index in [0.29, 0.717) is 11.3 Å². The quantitative estimate of drug-likeness (QED) is 0.675. The van der Waals surface area contributed by atoms with Crippen LogP contribution in [-0.4, -0.2) is 38.8 Å². The molecule has 0 aliphatic carbocycles. The standard InChI is InChI=1S/C16H17ClN2O7/c1-7-12(15(22)25-3)13(19-16(23)18-7)8-4-9(17)14(10(5-8)24-2)26-6-11(20)21/h4-5,13H,6H2,1-3H3,(H,20,21)(H2,18,19,23)/p-1/t13-/m1/s1. The lowest BCUT2D eigenvalue weighted by atomic mass is 9.95. The van der Waals surface area contributed by atoms with Gasteiger partial charge in [-0.05, 0) is 24.6 Å². The highest BCUT2D eigenvalue weighted by molar-refractivity contribution is 6.32. The summed E-state index contributed by atoms with van der Waals surface area (Å²) >= 11 is 6.17. The Morgan fingerprint density at radius 1 is 1.31 bits per heavy atom. The summed E-state index contributed by atoms with van der Waals surface area (Å²) < 4.78 is 15.0. The van der Waals surface area contributed by atoms with E-state index in [1.54, 1.807) is 6.92 Å². The molecule has 10 heteroatoms. The number of benzene rings is 1. The fourth-order valence-corrected chi connectivity index (χ4v) is 2.78. The third kappa shape index (κ3) is 3.99. The SMILES string of the molecule is COC(=O)C1=C(C)NC(=O)N[C@@H]1c1cc(Cl)c(OCC(=O)[O-])c(OC)c1. The van der Waals surface area contributed by atoms with E-state index in [2.05, 4.69) is 10.6 Å². The van der Waals surface area contributed by atoms with Crippen molar-refractivity contribution in [1.29, 1.82) is 0 Å². The third-order valence-electron chi connectivity index (χ3n) is 3.59. The average molecular weight is 384 g/mol. The molecule has 140 valence electrons. The van der Waals surface area contributed by atoms with Gasteiger partial charge < -0.3 is 34.7 Å². The minimum atomic E-state index is -1.43. The monoisotopic (exact) mass is 383 g/mol. The van der Waals surface area contributed by atoms with Crippen LogP contribution < -0.4 is 25.2 Å². The number of urea groups is 1. The molecule has 1 aliphatic rings. The topological polar surface area (TPSA) is 126 Å². The van der Waals surface area contributed by atoms with E-state index < -0.39 is 30.6 Å². The molecule has 2 rings (SSSR count). The number of rotatable bonds is 6. The van der Waals surface area contributed by atoms with Crippen LogP contribution in [0.1, 0.15) is 18.5 Å². The molecule has 1 atom stereocenters. The van der Waals surface area contributed by atoms with Crippen LogP contribution in [0.4, 0.5) is 4.79 Å². The molecule has 26 heavy (non-hydrogen) atoms. The highest BCUT2D eigenvalue weighted by atomic mass is 35.5. The first-order valence-corrected chi connectivity index (χ1v) is 7.73. The molecule has 2 amide bonds.